The number of nitrogens with zero attached hydrogens (tertiary/aromatic N) is 1. The monoisotopic (exact) mass is 260 g/mol. The molecular formula is C12H24N2O2S. The van der Waals surface area contributed by atoms with Crippen LogP contribution in [0.25, 0.3) is 0 Å². The van der Waals surface area contributed by atoms with Gasteiger partial charge in [0, 0.05) is 25.2 Å². The fraction of sp³-hybridized carbons (Fsp3) is 1.00. The van der Waals surface area contributed by atoms with E-state index in [1.54, 1.807) is 0 Å². The number of sulfone groups is 1. The average molecular weight is 260 g/mol. The van der Waals surface area contributed by atoms with Gasteiger partial charge in [-0.15, -0.1) is 0 Å². The molecule has 17 heavy (non-hydrogen) atoms. The summed E-state index contributed by atoms with van der Waals surface area (Å²) in [5, 5.41) is 0. The Labute approximate surface area is 104 Å². The highest BCUT2D eigenvalue weighted by Crippen LogP contribution is 2.25. The van der Waals surface area contributed by atoms with Crippen molar-refractivity contribution in [2.24, 2.45) is 5.73 Å². The van der Waals surface area contributed by atoms with Crippen LogP contribution in [0.15, 0.2) is 0 Å². The molecule has 4 nitrogen and oxygen atoms in total. The van der Waals surface area contributed by atoms with Gasteiger partial charge in [-0.05, 0) is 12.8 Å². The molecule has 1 aliphatic carbocycles. The van der Waals surface area contributed by atoms with Crippen LogP contribution in [0.1, 0.15) is 38.5 Å². The van der Waals surface area contributed by atoms with Gasteiger partial charge in [-0.25, -0.2) is 8.42 Å². The largest absolute Gasteiger partial charge is 0.329 e. The van der Waals surface area contributed by atoms with Gasteiger partial charge in [0.25, 0.3) is 0 Å². The van der Waals surface area contributed by atoms with Crippen LogP contribution in [0.5, 0.6) is 0 Å². The van der Waals surface area contributed by atoms with Crippen molar-refractivity contribution in [3.63, 3.8) is 0 Å². The van der Waals surface area contributed by atoms with Crippen molar-refractivity contribution in [1.29, 1.82) is 0 Å². The third-order valence-corrected chi connectivity index (χ3v) is 5.84. The molecular weight excluding hydrogens is 236 g/mol. The van der Waals surface area contributed by atoms with Gasteiger partial charge in [0.1, 0.15) is 0 Å². The van der Waals surface area contributed by atoms with E-state index in [-0.39, 0.29) is 11.8 Å². The van der Waals surface area contributed by atoms with E-state index >= 15 is 0 Å². The molecule has 1 saturated heterocycles. The van der Waals surface area contributed by atoms with Gasteiger partial charge in [-0.2, -0.15) is 0 Å². The van der Waals surface area contributed by atoms with Crippen molar-refractivity contribution in [2.45, 2.75) is 50.6 Å². The minimum atomic E-state index is -2.85. The zero-order chi connectivity index (χ0) is 12.3. The SMILES string of the molecule is NCC1CS(=O)(=O)CCN1C1CCCCCC1. The van der Waals surface area contributed by atoms with Gasteiger partial charge < -0.3 is 5.73 Å². The van der Waals surface area contributed by atoms with E-state index < -0.39 is 9.84 Å². The fourth-order valence-corrected chi connectivity index (χ4v) is 4.74. The van der Waals surface area contributed by atoms with Crippen molar-refractivity contribution in [3.05, 3.63) is 0 Å². The summed E-state index contributed by atoms with van der Waals surface area (Å²) in [4.78, 5) is 2.38. The Bertz CT molecular complexity index is 334. The first-order valence-electron chi connectivity index (χ1n) is 6.78. The minimum Gasteiger partial charge on any atom is -0.329 e. The number of nitrogens with two attached hydrogens (primary N) is 1. The molecule has 0 spiro atoms. The third-order valence-electron chi connectivity index (χ3n) is 4.14. The molecule has 0 amide bonds. The van der Waals surface area contributed by atoms with Gasteiger partial charge in [0.2, 0.25) is 0 Å². The van der Waals surface area contributed by atoms with Crippen LogP contribution in [-0.4, -0.2) is 50.0 Å². The summed E-state index contributed by atoms with van der Waals surface area (Å²) < 4.78 is 23.3. The van der Waals surface area contributed by atoms with Crippen LogP contribution in [0, 0.1) is 0 Å². The molecule has 0 aromatic heterocycles. The topological polar surface area (TPSA) is 63.4 Å². The predicted octanol–water partition coefficient (Wildman–Crippen LogP) is 0.767. The second-order valence-corrected chi connectivity index (χ2v) is 7.62. The first-order valence-corrected chi connectivity index (χ1v) is 8.61. The minimum absolute atomic E-state index is 0.0526. The van der Waals surface area contributed by atoms with Crippen LogP contribution in [0.3, 0.4) is 0 Å². The first kappa shape index (κ1) is 13.3. The van der Waals surface area contributed by atoms with Crippen molar-refractivity contribution in [1.82, 2.24) is 4.90 Å². The number of hydrogen-bond donors (Lipinski definition) is 1. The summed E-state index contributed by atoms with van der Waals surface area (Å²) in [7, 11) is -2.85. The maximum atomic E-state index is 11.6. The lowest BCUT2D eigenvalue weighted by atomic mass is 10.0. The van der Waals surface area contributed by atoms with E-state index in [9.17, 15) is 8.42 Å². The van der Waals surface area contributed by atoms with E-state index in [1.807, 2.05) is 0 Å². The molecule has 2 rings (SSSR count). The van der Waals surface area contributed by atoms with Crippen LogP contribution >= 0.6 is 0 Å². The Morgan fingerprint density at radius 2 is 1.76 bits per heavy atom. The van der Waals surface area contributed by atoms with Crippen molar-refractivity contribution >= 4 is 9.84 Å². The lowest BCUT2D eigenvalue weighted by Gasteiger charge is -2.40. The lowest BCUT2D eigenvalue weighted by molar-refractivity contribution is 0.137. The third kappa shape index (κ3) is 3.42. The normalized spacial score (nSPS) is 32.2. The molecule has 0 aromatic rings. The van der Waals surface area contributed by atoms with E-state index in [4.69, 9.17) is 5.73 Å². The molecule has 1 atom stereocenters. The predicted molar refractivity (Wildman–Crippen MR) is 69.7 cm³/mol. The molecule has 1 unspecified atom stereocenters. The van der Waals surface area contributed by atoms with Gasteiger partial charge in [-0.3, -0.25) is 4.90 Å². The fourth-order valence-electron chi connectivity index (χ4n) is 3.17. The average Bonchev–Trinajstić information content (AvgIpc) is 2.56. The maximum Gasteiger partial charge on any atom is 0.153 e. The Kier molecular flexibility index (Phi) is 4.44. The highest BCUT2D eigenvalue weighted by Gasteiger charge is 2.34. The molecule has 2 aliphatic rings. The zero-order valence-corrected chi connectivity index (χ0v) is 11.3. The Morgan fingerprint density at radius 3 is 2.35 bits per heavy atom. The molecule has 0 bridgehead atoms. The Morgan fingerprint density at radius 1 is 1.12 bits per heavy atom. The van der Waals surface area contributed by atoms with E-state index in [0.717, 1.165) is 0 Å². The molecule has 5 heteroatoms. The Hall–Kier alpha value is -0.130. The Balaban J connectivity index is 2.03. The van der Waals surface area contributed by atoms with E-state index in [0.29, 0.717) is 24.9 Å². The summed E-state index contributed by atoms with van der Waals surface area (Å²) in [5.74, 6) is 0.583. The van der Waals surface area contributed by atoms with Gasteiger partial charge >= 0.3 is 0 Å². The molecule has 1 heterocycles. The second kappa shape index (κ2) is 5.67. The van der Waals surface area contributed by atoms with Gasteiger partial charge in [0.15, 0.2) is 9.84 Å². The summed E-state index contributed by atoms with van der Waals surface area (Å²) in [6, 6.07) is 0.624. The standard InChI is InChI=1S/C12H24N2O2S/c13-9-12-10-17(15,16)8-7-14(12)11-5-3-1-2-4-6-11/h11-12H,1-10,13H2. The molecule has 2 N–H and O–H groups in total. The molecule has 0 aromatic carbocycles. The summed E-state index contributed by atoms with van der Waals surface area (Å²) >= 11 is 0. The highest BCUT2D eigenvalue weighted by atomic mass is 32.2. The molecule has 2 fully saturated rings. The van der Waals surface area contributed by atoms with Crippen LogP contribution < -0.4 is 5.73 Å². The number of rotatable bonds is 2. The maximum absolute atomic E-state index is 11.6. The van der Waals surface area contributed by atoms with E-state index in [1.165, 1.54) is 38.5 Å². The molecule has 1 saturated carbocycles. The summed E-state index contributed by atoms with van der Waals surface area (Å²) in [6.07, 6.45) is 7.66. The van der Waals surface area contributed by atoms with Crippen LogP contribution in [0.2, 0.25) is 0 Å². The van der Waals surface area contributed by atoms with Gasteiger partial charge in [0.05, 0.1) is 11.5 Å². The summed E-state index contributed by atoms with van der Waals surface area (Å²) in [6.45, 7) is 1.16. The lowest BCUT2D eigenvalue weighted by Crippen LogP contribution is -2.55. The quantitative estimate of drug-likeness (QED) is 0.745. The second-order valence-electron chi connectivity index (χ2n) is 5.39. The van der Waals surface area contributed by atoms with Crippen molar-refractivity contribution in [3.8, 4) is 0 Å². The van der Waals surface area contributed by atoms with Crippen LogP contribution in [0.4, 0.5) is 0 Å². The highest BCUT2D eigenvalue weighted by molar-refractivity contribution is 7.91. The zero-order valence-electron chi connectivity index (χ0n) is 10.5. The van der Waals surface area contributed by atoms with Crippen molar-refractivity contribution < 1.29 is 8.42 Å². The summed E-state index contributed by atoms with van der Waals surface area (Å²) in [5.41, 5.74) is 5.75. The first-order chi connectivity index (χ1) is 8.12. The molecule has 0 radical (unpaired) electrons. The smallest absolute Gasteiger partial charge is 0.153 e. The van der Waals surface area contributed by atoms with Gasteiger partial charge in [-0.1, -0.05) is 25.7 Å². The van der Waals surface area contributed by atoms with Crippen molar-refractivity contribution in [2.75, 3.05) is 24.6 Å². The molecule has 100 valence electrons. The number of hydrogen-bond acceptors (Lipinski definition) is 4. The van der Waals surface area contributed by atoms with E-state index in [2.05, 4.69) is 4.90 Å². The van der Waals surface area contributed by atoms with Crippen LogP contribution in [-0.2, 0) is 9.84 Å². The molecule has 1 aliphatic heterocycles.